The molecule has 0 aromatic carbocycles. The molecule has 0 bridgehead atoms. The van der Waals surface area contributed by atoms with E-state index in [1.807, 2.05) is 0 Å². The number of aliphatic hydroxyl groups is 1. The lowest BCUT2D eigenvalue weighted by Crippen LogP contribution is -2.48. The van der Waals surface area contributed by atoms with E-state index in [9.17, 15) is 9.59 Å². The van der Waals surface area contributed by atoms with E-state index in [0.29, 0.717) is 17.2 Å². The fourth-order valence-electron chi connectivity index (χ4n) is 2.14. The molecule has 1 aliphatic carbocycles. The Balaban J connectivity index is 1.85. The molecule has 3 N–H and O–H groups in total. The van der Waals surface area contributed by atoms with Gasteiger partial charge in [-0.25, -0.2) is 0 Å². The highest BCUT2D eigenvalue weighted by atomic mass is 79.9. The van der Waals surface area contributed by atoms with Crippen LogP contribution in [0.1, 0.15) is 35.9 Å². The molecule has 21 heavy (non-hydrogen) atoms. The van der Waals surface area contributed by atoms with Crippen molar-refractivity contribution < 1.29 is 14.7 Å². The smallest absolute Gasteiger partial charge is 0.262 e. The number of amides is 2. The Hall–Kier alpha value is -0.920. The summed E-state index contributed by atoms with van der Waals surface area (Å²) in [5, 5.41) is 14.7. The van der Waals surface area contributed by atoms with Crippen molar-refractivity contribution in [1.29, 1.82) is 0 Å². The number of rotatable bonds is 7. The number of hydrogen-bond acceptors (Lipinski definition) is 4. The van der Waals surface area contributed by atoms with Gasteiger partial charge in [0, 0.05) is 12.6 Å². The van der Waals surface area contributed by atoms with Gasteiger partial charge in [-0.3, -0.25) is 9.59 Å². The third kappa shape index (κ3) is 4.79. The molecule has 0 aliphatic heterocycles. The van der Waals surface area contributed by atoms with E-state index in [1.54, 1.807) is 19.1 Å². The lowest BCUT2D eigenvalue weighted by molar-refractivity contribution is -0.123. The van der Waals surface area contributed by atoms with Crippen molar-refractivity contribution in [3.63, 3.8) is 0 Å². The predicted octanol–water partition coefficient (Wildman–Crippen LogP) is 1.91. The SMILES string of the molecule is C[C@@H](NC(=O)c1ccc(Br)s1)C(=O)N[C@H](CCO)C1CC1. The molecule has 1 heterocycles. The Bertz CT molecular complexity index is 516. The molecule has 5 nitrogen and oxygen atoms in total. The van der Waals surface area contributed by atoms with E-state index in [4.69, 9.17) is 5.11 Å². The Morgan fingerprint density at radius 1 is 1.43 bits per heavy atom. The highest BCUT2D eigenvalue weighted by Crippen LogP contribution is 2.33. The predicted molar refractivity (Wildman–Crippen MR) is 85.3 cm³/mol. The summed E-state index contributed by atoms with van der Waals surface area (Å²) in [6.45, 7) is 1.73. The Labute approximate surface area is 136 Å². The van der Waals surface area contributed by atoms with Crippen LogP contribution < -0.4 is 10.6 Å². The zero-order valence-electron chi connectivity index (χ0n) is 11.8. The summed E-state index contributed by atoms with van der Waals surface area (Å²) in [7, 11) is 0. The van der Waals surface area contributed by atoms with Gasteiger partial charge in [0.1, 0.15) is 6.04 Å². The summed E-state index contributed by atoms with van der Waals surface area (Å²) in [5.41, 5.74) is 0. The minimum absolute atomic E-state index is 0.0118. The number of aliphatic hydroxyl groups excluding tert-OH is 1. The molecule has 116 valence electrons. The fraction of sp³-hybridized carbons (Fsp3) is 0.571. The molecule has 1 fully saturated rings. The summed E-state index contributed by atoms with van der Waals surface area (Å²) in [5.74, 6) is 0.0139. The highest BCUT2D eigenvalue weighted by Gasteiger charge is 2.32. The number of hydrogen-bond donors (Lipinski definition) is 3. The quantitative estimate of drug-likeness (QED) is 0.681. The minimum Gasteiger partial charge on any atom is -0.396 e. The molecule has 0 saturated heterocycles. The first-order valence-electron chi connectivity index (χ1n) is 6.98. The summed E-state index contributed by atoms with van der Waals surface area (Å²) in [6, 6.07) is 2.93. The average Bonchev–Trinajstić information content (AvgIpc) is 3.19. The average molecular weight is 375 g/mol. The van der Waals surface area contributed by atoms with E-state index >= 15 is 0 Å². The molecular weight excluding hydrogens is 356 g/mol. The first-order chi connectivity index (χ1) is 10.0. The van der Waals surface area contributed by atoms with Crippen molar-refractivity contribution in [3.8, 4) is 0 Å². The highest BCUT2D eigenvalue weighted by molar-refractivity contribution is 9.11. The number of carbonyl (C=O) groups excluding carboxylic acids is 2. The Morgan fingerprint density at radius 2 is 2.14 bits per heavy atom. The molecule has 0 spiro atoms. The van der Waals surface area contributed by atoms with Crippen LogP contribution >= 0.6 is 27.3 Å². The maximum absolute atomic E-state index is 12.1. The zero-order chi connectivity index (χ0) is 15.4. The summed E-state index contributed by atoms with van der Waals surface area (Å²) < 4.78 is 0.876. The van der Waals surface area contributed by atoms with Gasteiger partial charge in [-0.15, -0.1) is 11.3 Å². The molecule has 1 aromatic heterocycles. The number of nitrogens with one attached hydrogen (secondary N) is 2. The zero-order valence-corrected chi connectivity index (χ0v) is 14.2. The minimum atomic E-state index is -0.599. The first kappa shape index (κ1) is 16.5. The van der Waals surface area contributed by atoms with Gasteiger partial charge in [0.25, 0.3) is 5.91 Å². The number of thiophene rings is 1. The first-order valence-corrected chi connectivity index (χ1v) is 8.59. The third-order valence-electron chi connectivity index (χ3n) is 3.50. The van der Waals surface area contributed by atoms with Crippen LogP contribution in [0.15, 0.2) is 15.9 Å². The van der Waals surface area contributed by atoms with Crippen LogP contribution in [0.2, 0.25) is 0 Å². The lowest BCUT2D eigenvalue weighted by Gasteiger charge is -2.20. The second kappa shape index (κ2) is 7.38. The van der Waals surface area contributed by atoms with Gasteiger partial charge in [0.15, 0.2) is 0 Å². The molecule has 2 atom stereocenters. The van der Waals surface area contributed by atoms with Gasteiger partial charge in [0.05, 0.1) is 8.66 Å². The normalized spacial score (nSPS) is 17.1. The van der Waals surface area contributed by atoms with Crippen LogP contribution in [0.3, 0.4) is 0 Å². The molecule has 1 aromatic rings. The van der Waals surface area contributed by atoms with Gasteiger partial charge in [-0.2, -0.15) is 0 Å². The molecule has 0 radical (unpaired) electrons. The van der Waals surface area contributed by atoms with Gasteiger partial charge in [0.2, 0.25) is 5.91 Å². The standard InChI is InChI=1S/C14H19BrN2O3S/c1-8(16-14(20)11-4-5-12(15)21-11)13(19)17-10(6-7-18)9-2-3-9/h4-5,8-10,18H,2-3,6-7H2,1H3,(H,16,20)(H,17,19)/t8-,10-/m1/s1. The maximum Gasteiger partial charge on any atom is 0.262 e. The van der Waals surface area contributed by atoms with Crippen LogP contribution in [0.25, 0.3) is 0 Å². The largest absolute Gasteiger partial charge is 0.396 e. The van der Waals surface area contributed by atoms with Gasteiger partial charge in [-0.05, 0) is 60.2 Å². The molecule has 2 amide bonds. The van der Waals surface area contributed by atoms with E-state index in [0.717, 1.165) is 16.6 Å². The van der Waals surface area contributed by atoms with Crippen LogP contribution in [0.5, 0.6) is 0 Å². The maximum atomic E-state index is 12.1. The Morgan fingerprint density at radius 3 is 2.67 bits per heavy atom. The molecule has 1 saturated carbocycles. The number of halogens is 1. The topological polar surface area (TPSA) is 78.4 Å². The monoisotopic (exact) mass is 374 g/mol. The molecule has 0 unspecified atom stereocenters. The molecular formula is C14H19BrN2O3S. The van der Waals surface area contributed by atoms with Crippen molar-refractivity contribution >= 4 is 39.1 Å². The summed E-state index contributed by atoms with van der Waals surface area (Å²) in [4.78, 5) is 24.7. The number of carbonyl (C=O) groups is 2. The van der Waals surface area contributed by atoms with Crippen LogP contribution in [0.4, 0.5) is 0 Å². The van der Waals surface area contributed by atoms with Crippen LogP contribution in [0, 0.1) is 5.92 Å². The van der Waals surface area contributed by atoms with E-state index in [2.05, 4.69) is 26.6 Å². The summed E-state index contributed by atoms with van der Waals surface area (Å²) >= 11 is 4.63. The molecule has 2 rings (SSSR count). The van der Waals surface area contributed by atoms with Crippen molar-refractivity contribution in [2.45, 2.75) is 38.3 Å². The molecule has 1 aliphatic rings. The second-order valence-corrected chi connectivity index (χ2v) is 7.73. The fourth-order valence-corrected chi connectivity index (χ4v) is 3.43. The van der Waals surface area contributed by atoms with Crippen molar-refractivity contribution in [3.05, 3.63) is 20.8 Å². The lowest BCUT2D eigenvalue weighted by atomic mass is 10.1. The van der Waals surface area contributed by atoms with Gasteiger partial charge < -0.3 is 15.7 Å². The molecule has 7 heteroatoms. The van der Waals surface area contributed by atoms with Crippen molar-refractivity contribution in [2.24, 2.45) is 5.92 Å². The van der Waals surface area contributed by atoms with Crippen LogP contribution in [-0.4, -0.2) is 35.6 Å². The van der Waals surface area contributed by atoms with Crippen LogP contribution in [-0.2, 0) is 4.79 Å². The van der Waals surface area contributed by atoms with Gasteiger partial charge >= 0.3 is 0 Å². The van der Waals surface area contributed by atoms with Crippen molar-refractivity contribution in [2.75, 3.05) is 6.61 Å². The van der Waals surface area contributed by atoms with E-state index < -0.39 is 6.04 Å². The second-order valence-electron chi connectivity index (χ2n) is 5.26. The van der Waals surface area contributed by atoms with Crippen molar-refractivity contribution in [1.82, 2.24) is 10.6 Å². The third-order valence-corrected chi connectivity index (χ3v) is 5.12. The van der Waals surface area contributed by atoms with E-state index in [1.165, 1.54) is 11.3 Å². The van der Waals surface area contributed by atoms with Gasteiger partial charge in [-0.1, -0.05) is 0 Å². The van der Waals surface area contributed by atoms with E-state index in [-0.39, 0.29) is 24.5 Å². The Kier molecular flexibility index (Phi) is 5.78. The summed E-state index contributed by atoms with van der Waals surface area (Å²) in [6.07, 6.45) is 2.75.